The van der Waals surface area contributed by atoms with Gasteiger partial charge in [0.05, 0.1) is 6.61 Å². The fraction of sp³-hybridized carbons (Fsp3) is 0.235. The summed E-state index contributed by atoms with van der Waals surface area (Å²) in [6.45, 7) is 4.47. The maximum absolute atomic E-state index is 11.5. The molecule has 2 rings (SSSR count). The highest BCUT2D eigenvalue weighted by atomic mass is 16.5. The van der Waals surface area contributed by atoms with Gasteiger partial charge in [0.1, 0.15) is 5.75 Å². The molecular formula is C17H19NO3. The molecule has 0 radical (unpaired) electrons. The van der Waals surface area contributed by atoms with Crippen molar-refractivity contribution in [1.82, 2.24) is 0 Å². The number of carboxylic acids is 1. The van der Waals surface area contributed by atoms with Gasteiger partial charge in [-0.3, -0.25) is 0 Å². The molecule has 0 aliphatic heterocycles. The Labute approximate surface area is 124 Å². The van der Waals surface area contributed by atoms with Crippen molar-refractivity contribution in [2.45, 2.75) is 19.9 Å². The van der Waals surface area contributed by atoms with Crippen molar-refractivity contribution in [2.24, 2.45) is 0 Å². The quantitative estimate of drug-likeness (QED) is 0.851. The van der Waals surface area contributed by atoms with Gasteiger partial charge in [-0.25, -0.2) is 4.79 Å². The second-order valence-electron chi connectivity index (χ2n) is 4.79. The Kier molecular flexibility index (Phi) is 4.82. The van der Waals surface area contributed by atoms with Crippen molar-refractivity contribution in [3.63, 3.8) is 0 Å². The van der Waals surface area contributed by atoms with E-state index in [1.165, 1.54) is 0 Å². The summed E-state index contributed by atoms with van der Waals surface area (Å²) >= 11 is 0. The van der Waals surface area contributed by atoms with Crippen LogP contribution < -0.4 is 10.1 Å². The van der Waals surface area contributed by atoms with Crippen LogP contribution in [0.4, 0.5) is 5.69 Å². The van der Waals surface area contributed by atoms with Crippen LogP contribution in [-0.4, -0.2) is 17.7 Å². The number of nitrogens with one attached hydrogen (secondary N) is 1. The molecule has 0 aromatic heterocycles. The van der Waals surface area contributed by atoms with Crippen LogP contribution in [0.3, 0.4) is 0 Å². The molecule has 4 heteroatoms. The minimum absolute atomic E-state index is 0.587. The summed E-state index contributed by atoms with van der Waals surface area (Å²) in [6.07, 6.45) is 0. The first-order chi connectivity index (χ1) is 10.1. The summed E-state index contributed by atoms with van der Waals surface area (Å²) in [7, 11) is 0. The van der Waals surface area contributed by atoms with E-state index in [2.05, 4.69) is 5.32 Å². The van der Waals surface area contributed by atoms with Gasteiger partial charge in [-0.1, -0.05) is 24.3 Å². The third kappa shape index (κ3) is 3.99. The minimum Gasteiger partial charge on any atom is -0.494 e. The average Bonchev–Trinajstić information content (AvgIpc) is 2.46. The number of aliphatic carboxylic acids is 1. The minimum atomic E-state index is -0.916. The van der Waals surface area contributed by atoms with E-state index in [0.29, 0.717) is 12.2 Å². The van der Waals surface area contributed by atoms with E-state index in [1.54, 1.807) is 24.3 Å². The summed E-state index contributed by atoms with van der Waals surface area (Å²) in [4.78, 5) is 11.5. The smallest absolute Gasteiger partial charge is 0.330 e. The Hall–Kier alpha value is -2.49. The van der Waals surface area contributed by atoms with Crippen LogP contribution in [0.1, 0.15) is 24.1 Å². The van der Waals surface area contributed by atoms with Crippen molar-refractivity contribution in [3.05, 3.63) is 59.7 Å². The lowest BCUT2D eigenvalue weighted by atomic mass is 10.1. The van der Waals surface area contributed by atoms with Gasteiger partial charge in [-0.05, 0) is 49.2 Å². The molecule has 2 N–H and O–H groups in total. The Morgan fingerprint density at radius 2 is 1.95 bits per heavy atom. The number of aryl methyl sites for hydroxylation is 1. The molecule has 110 valence electrons. The second-order valence-corrected chi connectivity index (χ2v) is 4.79. The number of ether oxygens (including phenoxy) is 1. The van der Waals surface area contributed by atoms with Gasteiger partial charge in [0.15, 0.2) is 6.04 Å². The molecule has 2 aromatic rings. The number of anilines is 1. The van der Waals surface area contributed by atoms with Crippen molar-refractivity contribution >= 4 is 11.7 Å². The van der Waals surface area contributed by atoms with Crippen molar-refractivity contribution in [2.75, 3.05) is 11.9 Å². The van der Waals surface area contributed by atoms with Crippen molar-refractivity contribution in [1.29, 1.82) is 0 Å². The van der Waals surface area contributed by atoms with E-state index in [9.17, 15) is 9.90 Å². The molecule has 4 nitrogen and oxygen atoms in total. The molecule has 0 spiro atoms. The average molecular weight is 285 g/mol. The SMILES string of the molecule is CCOc1ccc(C(Nc2cccc(C)c2)C(=O)O)cc1. The maximum atomic E-state index is 11.5. The molecule has 1 atom stereocenters. The number of carbonyl (C=O) groups is 1. The Morgan fingerprint density at radius 3 is 2.52 bits per heavy atom. The van der Waals surface area contributed by atoms with Gasteiger partial charge in [-0.2, -0.15) is 0 Å². The van der Waals surface area contributed by atoms with Crippen molar-refractivity contribution < 1.29 is 14.6 Å². The molecule has 1 unspecified atom stereocenters. The van der Waals surface area contributed by atoms with E-state index in [4.69, 9.17) is 4.74 Å². The van der Waals surface area contributed by atoms with E-state index in [-0.39, 0.29) is 0 Å². The Bertz CT molecular complexity index is 608. The van der Waals surface area contributed by atoms with Gasteiger partial charge in [-0.15, -0.1) is 0 Å². The summed E-state index contributed by atoms with van der Waals surface area (Å²) < 4.78 is 5.37. The molecule has 0 bridgehead atoms. The van der Waals surface area contributed by atoms with E-state index < -0.39 is 12.0 Å². The Balaban J connectivity index is 2.20. The summed E-state index contributed by atoms with van der Waals surface area (Å²) in [5, 5.41) is 12.5. The summed E-state index contributed by atoms with van der Waals surface area (Å²) in [5.74, 6) is -0.179. The predicted molar refractivity (Wildman–Crippen MR) is 82.8 cm³/mol. The number of carboxylic acid groups (broad SMARTS) is 1. The summed E-state index contributed by atoms with van der Waals surface area (Å²) in [6, 6.07) is 14.0. The van der Waals surface area contributed by atoms with Crippen LogP contribution in [0, 0.1) is 6.92 Å². The highest BCUT2D eigenvalue weighted by molar-refractivity contribution is 5.79. The van der Waals surface area contributed by atoms with Gasteiger partial charge in [0.25, 0.3) is 0 Å². The van der Waals surface area contributed by atoms with Crippen LogP contribution in [-0.2, 0) is 4.79 Å². The normalized spacial score (nSPS) is 11.7. The number of hydrogen-bond donors (Lipinski definition) is 2. The molecular weight excluding hydrogens is 266 g/mol. The van der Waals surface area contributed by atoms with E-state index >= 15 is 0 Å². The topological polar surface area (TPSA) is 58.6 Å². The molecule has 0 saturated heterocycles. The molecule has 0 heterocycles. The first-order valence-corrected chi connectivity index (χ1v) is 6.89. The third-order valence-corrected chi connectivity index (χ3v) is 3.10. The third-order valence-electron chi connectivity index (χ3n) is 3.10. The van der Waals surface area contributed by atoms with E-state index in [1.807, 2.05) is 38.1 Å². The largest absolute Gasteiger partial charge is 0.494 e. The number of hydrogen-bond acceptors (Lipinski definition) is 3. The van der Waals surface area contributed by atoms with Crippen LogP contribution in [0.2, 0.25) is 0 Å². The lowest BCUT2D eigenvalue weighted by Crippen LogP contribution is -2.20. The molecule has 0 saturated carbocycles. The highest BCUT2D eigenvalue weighted by Gasteiger charge is 2.19. The van der Waals surface area contributed by atoms with Crippen LogP contribution in [0.25, 0.3) is 0 Å². The fourth-order valence-electron chi connectivity index (χ4n) is 2.11. The monoisotopic (exact) mass is 285 g/mol. The zero-order valence-corrected chi connectivity index (χ0v) is 12.2. The van der Waals surface area contributed by atoms with Crippen LogP contribution in [0.5, 0.6) is 5.75 Å². The fourth-order valence-corrected chi connectivity index (χ4v) is 2.11. The lowest BCUT2D eigenvalue weighted by Gasteiger charge is -2.17. The molecule has 0 amide bonds. The first kappa shape index (κ1) is 14.9. The maximum Gasteiger partial charge on any atom is 0.330 e. The van der Waals surface area contributed by atoms with Gasteiger partial charge in [0, 0.05) is 5.69 Å². The highest BCUT2D eigenvalue weighted by Crippen LogP contribution is 2.23. The second kappa shape index (κ2) is 6.79. The molecule has 0 fully saturated rings. The molecule has 0 aliphatic rings. The van der Waals surface area contributed by atoms with Crippen molar-refractivity contribution in [3.8, 4) is 5.75 Å². The Morgan fingerprint density at radius 1 is 1.24 bits per heavy atom. The van der Waals surface area contributed by atoms with Gasteiger partial charge in [0.2, 0.25) is 0 Å². The zero-order valence-electron chi connectivity index (χ0n) is 12.2. The molecule has 2 aromatic carbocycles. The van der Waals surface area contributed by atoms with Gasteiger partial charge < -0.3 is 15.2 Å². The summed E-state index contributed by atoms with van der Waals surface area (Å²) in [5.41, 5.74) is 2.56. The van der Waals surface area contributed by atoms with Crippen LogP contribution in [0.15, 0.2) is 48.5 Å². The zero-order chi connectivity index (χ0) is 15.2. The first-order valence-electron chi connectivity index (χ1n) is 6.89. The van der Waals surface area contributed by atoms with Gasteiger partial charge >= 0.3 is 5.97 Å². The molecule has 0 aliphatic carbocycles. The number of rotatable bonds is 6. The lowest BCUT2D eigenvalue weighted by molar-refractivity contribution is -0.138. The molecule has 21 heavy (non-hydrogen) atoms. The van der Waals surface area contributed by atoms with E-state index in [0.717, 1.165) is 17.0 Å². The van der Waals surface area contributed by atoms with Crippen LogP contribution >= 0.6 is 0 Å². The number of benzene rings is 2. The standard InChI is InChI=1S/C17H19NO3/c1-3-21-15-9-7-13(8-10-15)16(17(19)20)18-14-6-4-5-12(2)11-14/h4-11,16,18H,3H2,1-2H3,(H,19,20). The predicted octanol–water partition coefficient (Wildman–Crippen LogP) is 3.63.